The molecule has 4 heteroatoms. The molecule has 0 bridgehead atoms. The average Bonchev–Trinajstić information content (AvgIpc) is 2.43. The lowest BCUT2D eigenvalue weighted by Crippen LogP contribution is -2.19. The van der Waals surface area contributed by atoms with Crippen molar-refractivity contribution >= 4 is 11.6 Å². The minimum Gasteiger partial charge on any atom is -0.493 e. The van der Waals surface area contributed by atoms with Gasteiger partial charge in [-0.2, -0.15) is 0 Å². The predicted molar refractivity (Wildman–Crippen MR) is 84.6 cm³/mol. The van der Waals surface area contributed by atoms with E-state index in [1.165, 1.54) is 12.8 Å². The van der Waals surface area contributed by atoms with Crippen molar-refractivity contribution in [2.45, 2.75) is 33.2 Å². The lowest BCUT2D eigenvalue weighted by Gasteiger charge is -2.16. The Morgan fingerprint density at radius 2 is 2.15 bits per heavy atom. The van der Waals surface area contributed by atoms with Crippen LogP contribution in [-0.2, 0) is 11.3 Å². The summed E-state index contributed by atoms with van der Waals surface area (Å²) >= 11 is 6.27. The Hall–Kier alpha value is -0.770. The molecule has 114 valence electrons. The second-order valence-electron chi connectivity index (χ2n) is 5.09. The molecule has 0 heterocycles. The summed E-state index contributed by atoms with van der Waals surface area (Å²) in [5, 5.41) is 4.05. The van der Waals surface area contributed by atoms with Crippen molar-refractivity contribution in [1.82, 2.24) is 5.32 Å². The third-order valence-electron chi connectivity index (χ3n) is 3.17. The van der Waals surface area contributed by atoms with Gasteiger partial charge in [0.05, 0.1) is 13.2 Å². The fourth-order valence-corrected chi connectivity index (χ4v) is 2.27. The van der Waals surface area contributed by atoms with Crippen molar-refractivity contribution in [3.05, 3.63) is 28.8 Å². The van der Waals surface area contributed by atoms with Crippen molar-refractivity contribution in [3.63, 3.8) is 0 Å². The van der Waals surface area contributed by atoms with Crippen LogP contribution in [0.25, 0.3) is 0 Å². The summed E-state index contributed by atoms with van der Waals surface area (Å²) < 4.78 is 11.0. The van der Waals surface area contributed by atoms with Gasteiger partial charge in [-0.1, -0.05) is 37.9 Å². The first-order chi connectivity index (χ1) is 9.69. The Bertz CT molecular complexity index is 385. The Morgan fingerprint density at radius 3 is 2.85 bits per heavy atom. The van der Waals surface area contributed by atoms with Gasteiger partial charge in [0.15, 0.2) is 0 Å². The zero-order valence-corrected chi connectivity index (χ0v) is 13.5. The van der Waals surface area contributed by atoms with Crippen LogP contribution in [0.1, 0.15) is 32.3 Å². The summed E-state index contributed by atoms with van der Waals surface area (Å²) in [5.74, 6) is 1.44. The quantitative estimate of drug-likeness (QED) is 0.665. The molecular formula is C16H26ClNO2. The number of methoxy groups -OCH3 is 1. The van der Waals surface area contributed by atoms with E-state index in [9.17, 15) is 0 Å². The normalized spacial score (nSPS) is 12.4. The van der Waals surface area contributed by atoms with Crippen molar-refractivity contribution in [2.75, 3.05) is 26.9 Å². The maximum absolute atomic E-state index is 6.27. The zero-order valence-electron chi connectivity index (χ0n) is 12.7. The fourth-order valence-electron chi connectivity index (χ4n) is 2.04. The van der Waals surface area contributed by atoms with Crippen LogP contribution < -0.4 is 10.1 Å². The highest BCUT2D eigenvalue weighted by atomic mass is 35.5. The van der Waals surface area contributed by atoms with Gasteiger partial charge in [-0.05, 0) is 24.5 Å². The number of hydrogen-bond acceptors (Lipinski definition) is 3. The molecule has 20 heavy (non-hydrogen) atoms. The molecule has 1 rings (SSSR count). The van der Waals surface area contributed by atoms with Gasteiger partial charge in [0.2, 0.25) is 0 Å². The largest absolute Gasteiger partial charge is 0.493 e. The van der Waals surface area contributed by atoms with E-state index in [2.05, 4.69) is 19.2 Å². The predicted octanol–water partition coefficient (Wildman–Crippen LogP) is 3.89. The summed E-state index contributed by atoms with van der Waals surface area (Å²) in [6.45, 7) is 7.33. The molecule has 0 saturated heterocycles. The van der Waals surface area contributed by atoms with E-state index in [1.54, 1.807) is 7.11 Å². The molecular weight excluding hydrogens is 274 g/mol. The molecule has 1 unspecified atom stereocenters. The number of ether oxygens (including phenoxy) is 2. The molecule has 1 atom stereocenters. The van der Waals surface area contributed by atoms with Crippen LogP contribution in [0.3, 0.4) is 0 Å². The minimum absolute atomic E-state index is 0.563. The molecule has 0 radical (unpaired) electrons. The first-order valence-corrected chi connectivity index (χ1v) is 7.66. The molecule has 0 aliphatic rings. The Morgan fingerprint density at radius 1 is 1.35 bits per heavy atom. The molecule has 0 saturated carbocycles. The molecule has 0 amide bonds. The number of rotatable bonds is 10. The van der Waals surface area contributed by atoms with Crippen molar-refractivity contribution in [3.8, 4) is 5.75 Å². The monoisotopic (exact) mass is 299 g/mol. The van der Waals surface area contributed by atoms with Gasteiger partial charge >= 0.3 is 0 Å². The molecule has 1 aromatic rings. The smallest absolute Gasteiger partial charge is 0.125 e. The summed E-state index contributed by atoms with van der Waals surface area (Å²) in [6, 6.07) is 5.82. The van der Waals surface area contributed by atoms with E-state index in [0.717, 1.165) is 29.5 Å². The van der Waals surface area contributed by atoms with Crippen molar-refractivity contribution in [2.24, 2.45) is 5.92 Å². The highest BCUT2D eigenvalue weighted by Gasteiger charge is 2.09. The van der Waals surface area contributed by atoms with Crippen molar-refractivity contribution < 1.29 is 9.47 Å². The van der Waals surface area contributed by atoms with Crippen LogP contribution in [0, 0.1) is 5.92 Å². The molecule has 0 fully saturated rings. The van der Waals surface area contributed by atoms with Gasteiger partial charge in [0.1, 0.15) is 5.75 Å². The SMILES string of the molecule is CCCC(C)COc1cccc(Cl)c1CNCCOC. The minimum atomic E-state index is 0.563. The molecule has 0 aliphatic carbocycles. The maximum Gasteiger partial charge on any atom is 0.125 e. The Balaban J connectivity index is 2.58. The van der Waals surface area contributed by atoms with Crippen LogP contribution in [0.4, 0.5) is 0 Å². The molecule has 1 N–H and O–H groups in total. The first kappa shape index (κ1) is 17.3. The summed E-state index contributed by atoms with van der Waals surface area (Å²) in [7, 11) is 1.70. The Kier molecular flexibility index (Phi) is 8.67. The lowest BCUT2D eigenvalue weighted by molar-refractivity contribution is 0.198. The van der Waals surface area contributed by atoms with Gasteiger partial charge in [-0.25, -0.2) is 0 Å². The first-order valence-electron chi connectivity index (χ1n) is 7.28. The highest BCUT2D eigenvalue weighted by Crippen LogP contribution is 2.27. The molecule has 0 spiro atoms. The van der Waals surface area contributed by atoms with Crippen LogP contribution >= 0.6 is 11.6 Å². The van der Waals surface area contributed by atoms with Crippen LogP contribution in [0.15, 0.2) is 18.2 Å². The van der Waals surface area contributed by atoms with Crippen molar-refractivity contribution in [1.29, 1.82) is 0 Å². The number of benzene rings is 1. The second-order valence-corrected chi connectivity index (χ2v) is 5.50. The average molecular weight is 300 g/mol. The second kappa shape index (κ2) is 10.0. The zero-order chi connectivity index (χ0) is 14.8. The fraction of sp³-hybridized carbons (Fsp3) is 0.625. The molecule has 1 aromatic carbocycles. The highest BCUT2D eigenvalue weighted by molar-refractivity contribution is 6.31. The molecule has 0 aliphatic heterocycles. The number of nitrogens with one attached hydrogen (secondary N) is 1. The van der Waals surface area contributed by atoms with E-state index >= 15 is 0 Å². The summed E-state index contributed by atoms with van der Waals surface area (Å²) in [6.07, 6.45) is 2.37. The summed E-state index contributed by atoms with van der Waals surface area (Å²) in [5.41, 5.74) is 1.02. The van der Waals surface area contributed by atoms with E-state index in [4.69, 9.17) is 21.1 Å². The third-order valence-corrected chi connectivity index (χ3v) is 3.52. The van der Waals surface area contributed by atoms with Crippen LogP contribution in [-0.4, -0.2) is 26.9 Å². The lowest BCUT2D eigenvalue weighted by atomic mass is 10.1. The van der Waals surface area contributed by atoms with Crippen LogP contribution in [0.2, 0.25) is 5.02 Å². The van der Waals surface area contributed by atoms with E-state index < -0.39 is 0 Å². The van der Waals surface area contributed by atoms with Gasteiger partial charge in [0, 0.05) is 30.8 Å². The molecule has 3 nitrogen and oxygen atoms in total. The standard InChI is InChI=1S/C16H26ClNO2/c1-4-6-13(2)12-20-16-8-5-7-15(17)14(16)11-18-9-10-19-3/h5,7-8,13,18H,4,6,9-12H2,1-3H3. The van der Waals surface area contributed by atoms with Gasteiger partial charge in [-0.15, -0.1) is 0 Å². The van der Waals surface area contributed by atoms with Gasteiger partial charge < -0.3 is 14.8 Å². The maximum atomic E-state index is 6.27. The van der Waals surface area contributed by atoms with Gasteiger partial charge in [-0.3, -0.25) is 0 Å². The van der Waals surface area contributed by atoms with E-state index in [-0.39, 0.29) is 0 Å². The van der Waals surface area contributed by atoms with E-state index in [0.29, 0.717) is 19.1 Å². The van der Waals surface area contributed by atoms with E-state index in [1.807, 2.05) is 18.2 Å². The number of hydrogen-bond donors (Lipinski definition) is 1. The summed E-state index contributed by atoms with van der Waals surface area (Å²) in [4.78, 5) is 0. The third kappa shape index (κ3) is 6.12. The number of halogens is 1. The Labute approximate surface area is 127 Å². The topological polar surface area (TPSA) is 30.5 Å². The molecule has 0 aromatic heterocycles. The van der Waals surface area contributed by atoms with Crippen LogP contribution in [0.5, 0.6) is 5.75 Å². The van der Waals surface area contributed by atoms with Gasteiger partial charge in [0.25, 0.3) is 0 Å².